The Morgan fingerprint density at radius 3 is 2.92 bits per heavy atom. The summed E-state index contributed by atoms with van der Waals surface area (Å²) in [5.74, 6) is 1.53. The van der Waals surface area contributed by atoms with Crippen LogP contribution in [-0.2, 0) is 3.07 Å². The maximum absolute atomic E-state index is 5.24. The second-order valence-corrected chi connectivity index (χ2v) is 3.64. The molecule has 2 heteroatoms. The number of hydrogen-bond donors (Lipinski definition) is 0. The van der Waals surface area contributed by atoms with Crippen LogP contribution in [0.25, 0.3) is 0 Å². The first kappa shape index (κ1) is 9.84. The predicted octanol–water partition coefficient (Wildman–Crippen LogP) is 3.78. The van der Waals surface area contributed by atoms with Crippen molar-refractivity contribution in [3.05, 3.63) is 35.6 Å². The Kier molecular flexibility index (Phi) is 3.38. The normalized spacial score (nSPS) is 22.8. The number of allylic oxidation sites excluding steroid dienone is 5. The number of halogens is 1. The molecular formula is C10H13IO. The van der Waals surface area contributed by atoms with Gasteiger partial charge in [-0.3, -0.25) is 0 Å². The van der Waals surface area contributed by atoms with Gasteiger partial charge in [0.1, 0.15) is 5.76 Å². The highest BCUT2D eigenvalue weighted by atomic mass is 127. The zero-order valence-corrected chi connectivity index (χ0v) is 9.59. The molecule has 0 spiro atoms. The lowest BCUT2D eigenvalue weighted by Crippen LogP contribution is -2.05. The molecule has 1 aliphatic carbocycles. The standard InChI is InChI=1S/C10H13IO/c1-7(2)9-5-4-8(3)10(6-9)12-11/h4-5,9H,1,6H2,2-3H3. The summed E-state index contributed by atoms with van der Waals surface area (Å²) >= 11 is 1.93. The van der Waals surface area contributed by atoms with E-state index in [-0.39, 0.29) is 0 Å². The van der Waals surface area contributed by atoms with Crippen LogP contribution in [-0.4, -0.2) is 0 Å². The van der Waals surface area contributed by atoms with Crippen molar-refractivity contribution in [2.75, 3.05) is 0 Å². The molecule has 1 rings (SSSR count). The van der Waals surface area contributed by atoms with Crippen molar-refractivity contribution in [1.29, 1.82) is 0 Å². The highest BCUT2D eigenvalue weighted by Crippen LogP contribution is 2.29. The van der Waals surface area contributed by atoms with Crippen molar-refractivity contribution in [2.24, 2.45) is 5.92 Å². The average molecular weight is 276 g/mol. The van der Waals surface area contributed by atoms with Gasteiger partial charge in [0, 0.05) is 12.3 Å². The Hall–Kier alpha value is -0.250. The lowest BCUT2D eigenvalue weighted by atomic mass is 9.91. The van der Waals surface area contributed by atoms with E-state index in [1.165, 1.54) is 11.1 Å². The summed E-state index contributed by atoms with van der Waals surface area (Å²) in [7, 11) is 0. The summed E-state index contributed by atoms with van der Waals surface area (Å²) < 4.78 is 5.24. The molecule has 0 radical (unpaired) electrons. The van der Waals surface area contributed by atoms with Gasteiger partial charge in [-0.1, -0.05) is 24.3 Å². The van der Waals surface area contributed by atoms with E-state index in [0.717, 1.165) is 12.2 Å². The van der Waals surface area contributed by atoms with Gasteiger partial charge < -0.3 is 3.07 Å². The molecule has 1 aliphatic rings. The van der Waals surface area contributed by atoms with Gasteiger partial charge in [-0.25, -0.2) is 0 Å². The van der Waals surface area contributed by atoms with Crippen molar-refractivity contribution >= 4 is 23.0 Å². The van der Waals surface area contributed by atoms with Crippen molar-refractivity contribution in [1.82, 2.24) is 0 Å². The van der Waals surface area contributed by atoms with Crippen LogP contribution in [0.5, 0.6) is 0 Å². The first-order valence-corrected chi connectivity index (χ1v) is 4.85. The molecule has 66 valence electrons. The molecule has 0 saturated heterocycles. The second kappa shape index (κ2) is 4.12. The molecule has 0 amide bonds. The molecule has 0 aromatic heterocycles. The molecule has 0 bridgehead atoms. The molecule has 0 fully saturated rings. The van der Waals surface area contributed by atoms with E-state index in [1.54, 1.807) is 0 Å². The summed E-state index contributed by atoms with van der Waals surface area (Å²) in [5.41, 5.74) is 2.42. The van der Waals surface area contributed by atoms with Crippen LogP contribution in [0.2, 0.25) is 0 Å². The molecule has 0 heterocycles. The molecule has 1 nitrogen and oxygen atoms in total. The van der Waals surface area contributed by atoms with E-state index in [1.807, 2.05) is 23.0 Å². The molecule has 12 heavy (non-hydrogen) atoms. The van der Waals surface area contributed by atoms with Crippen LogP contribution < -0.4 is 0 Å². The third kappa shape index (κ3) is 2.12. The zero-order chi connectivity index (χ0) is 9.14. The number of hydrogen-bond acceptors (Lipinski definition) is 1. The minimum atomic E-state index is 0.457. The van der Waals surface area contributed by atoms with Gasteiger partial charge in [0.2, 0.25) is 0 Å². The largest absolute Gasteiger partial charge is 0.432 e. The minimum absolute atomic E-state index is 0.457. The van der Waals surface area contributed by atoms with Crippen LogP contribution in [0.15, 0.2) is 35.6 Å². The van der Waals surface area contributed by atoms with Gasteiger partial charge in [-0.05, 0) is 19.4 Å². The SMILES string of the molecule is C=C(C)C1C=CC(C)=C(OI)C1. The molecule has 0 aromatic rings. The van der Waals surface area contributed by atoms with Gasteiger partial charge in [0.05, 0.1) is 0 Å². The Morgan fingerprint density at radius 2 is 2.42 bits per heavy atom. The highest BCUT2D eigenvalue weighted by Gasteiger charge is 2.15. The summed E-state index contributed by atoms with van der Waals surface area (Å²) in [5, 5.41) is 0. The van der Waals surface area contributed by atoms with Crippen LogP contribution >= 0.6 is 23.0 Å². The molecular weight excluding hydrogens is 263 g/mol. The van der Waals surface area contributed by atoms with Crippen LogP contribution in [0.3, 0.4) is 0 Å². The Balaban J connectivity index is 2.76. The third-order valence-electron chi connectivity index (χ3n) is 2.15. The fraction of sp³-hybridized carbons (Fsp3) is 0.400. The van der Waals surface area contributed by atoms with Gasteiger partial charge in [0.25, 0.3) is 0 Å². The number of rotatable bonds is 2. The third-order valence-corrected chi connectivity index (χ3v) is 2.68. The van der Waals surface area contributed by atoms with Gasteiger partial charge in [0.15, 0.2) is 23.0 Å². The van der Waals surface area contributed by atoms with E-state index >= 15 is 0 Å². The molecule has 0 aromatic carbocycles. The summed E-state index contributed by atoms with van der Waals surface area (Å²) in [6.45, 7) is 8.07. The Morgan fingerprint density at radius 1 is 1.75 bits per heavy atom. The smallest absolute Gasteiger partial charge is 0.192 e. The monoisotopic (exact) mass is 276 g/mol. The average Bonchev–Trinajstić information content (AvgIpc) is 2.05. The summed E-state index contributed by atoms with van der Waals surface area (Å²) in [6.07, 6.45) is 5.26. The quantitative estimate of drug-likeness (QED) is 0.551. The van der Waals surface area contributed by atoms with Crippen molar-refractivity contribution < 1.29 is 3.07 Å². The van der Waals surface area contributed by atoms with E-state index in [9.17, 15) is 0 Å². The van der Waals surface area contributed by atoms with Crippen molar-refractivity contribution in [3.63, 3.8) is 0 Å². The van der Waals surface area contributed by atoms with E-state index in [0.29, 0.717) is 5.92 Å². The van der Waals surface area contributed by atoms with Crippen LogP contribution in [0.1, 0.15) is 20.3 Å². The van der Waals surface area contributed by atoms with Gasteiger partial charge in [-0.2, -0.15) is 0 Å². The van der Waals surface area contributed by atoms with E-state index in [2.05, 4.69) is 32.6 Å². The lowest BCUT2D eigenvalue weighted by Gasteiger charge is -2.19. The maximum Gasteiger partial charge on any atom is 0.192 e. The van der Waals surface area contributed by atoms with Crippen LogP contribution in [0, 0.1) is 5.92 Å². The van der Waals surface area contributed by atoms with Gasteiger partial charge in [-0.15, -0.1) is 0 Å². The maximum atomic E-state index is 5.24. The highest BCUT2D eigenvalue weighted by molar-refractivity contribution is 14.1. The summed E-state index contributed by atoms with van der Waals surface area (Å²) in [6, 6.07) is 0. The molecule has 1 atom stereocenters. The Bertz CT molecular complexity index is 251. The first-order valence-electron chi connectivity index (χ1n) is 3.97. The molecule has 1 unspecified atom stereocenters. The van der Waals surface area contributed by atoms with Crippen LogP contribution in [0.4, 0.5) is 0 Å². The Labute approximate surface area is 87.9 Å². The fourth-order valence-corrected chi connectivity index (χ4v) is 1.74. The fourth-order valence-electron chi connectivity index (χ4n) is 1.21. The topological polar surface area (TPSA) is 9.23 Å². The lowest BCUT2D eigenvalue weighted by molar-refractivity contribution is 0.486. The summed E-state index contributed by atoms with van der Waals surface area (Å²) in [4.78, 5) is 0. The van der Waals surface area contributed by atoms with Gasteiger partial charge >= 0.3 is 0 Å². The van der Waals surface area contributed by atoms with E-state index < -0.39 is 0 Å². The minimum Gasteiger partial charge on any atom is -0.432 e. The zero-order valence-electron chi connectivity index (χ0n) is 7.43. The predicted molar refractivity (Wildman–Crippen MR) is 59.9 cm³/mol. The van der Waals surface area contributed by atoms with E-state index in [4.69, 9.17) is 3.07 Å². The molecule has 0 saturated carbocycles. The first-order chi connectivity index (χ1) is 5.65. The molecule has 0 N–H and O–H groups in total. The van der Waals surface area contributed by atoms with Crippen molar-refractivity contribution in [3.8, 4) is 0 Å². The second-order valence-electron chi connectivity index (χ2n) is 3.20. The van der Waals surface area contributed by atoms with Crippen molar-refractivity contribution in [2.45, 2.75) is 20.3 Å². The molecule has 0 aliphatic heterocycles.